The second kappa shape index (κ2) is 7.77. The normalized spacial score (nSPS) is 18.7. The van der Waals surface area contributed by atoms with Gasteiger partial charge in [-0.3, -0.25) is 4.79 Å². The summed E-state index contributed by atoms with van der Waals surface area (Å²) in [5, 5.41) is 3.23. The fraction of sp³-hybridized carbons (Fsp3) is 0.208. The number of ether oxygens (including phenoxy) is 2. The van der Waals surface area contributed by atoms with Crippen LogP contribution in [0.2, 0.25) is 0 Å². The van der Waals surface area contributed by atoms with Crippen molar-refractivity contribution in [3.05, 3.63) is 79.9 Å². The zero-order valence-corrected chi connectivity index (χ0v) is 19.2. The summed E-state index contributed by atoms with van der Waals surface area (Å²) in [5.74, 6) is -1.68. The first-order valence-electron chi connectivity index (χ1n) is 10.4. The van der Waals surface area contributed by atoms with Gasteiger partial charge in [-0.1, -0.05) is 41.4 Å². The highest BCUT2D eigenvalue weighted by Gasteiger charge is 2.61. The van der Waals surface area contributed by atoms with Gasteiger partial charge in [-0.05, 0) is 36.8 Å². The molecule has 9 heteroatoms. The molecule has 2 aromatic carbocycles. The van der Waals surface area contributed by atoms with E-state index in [-0.39, 0.29) is 35.0 Å². The largest absolute Gasteiger partial charge is 0.462 e. The lowest BCUT2D eigenvalue weighted by atomic mass is 9.68. The number of hydrogen-bond acceptors (Lipinski definition) is 7. The molecular weight excluding hydrogens is 492 g/mol. The molecule has 0 fully saturated rings. The number of carbonyl (C=O) groups is 2. The van der Waals surface area contributed by atoms with Gasteiger partial charge in [0, 0.05) is 15.7 Å². The predicted octanol–water partition coefficient (Wildman–Crippen LogP) is 3.70. The molecule has 5 rings (SSSR count). The van der Waals surface area contributed by atoms with Crippen molar-refractivity contribution in [3.8, 4) is 5.75 Å². The van der Waals surface area contributed by atoms with E-state index in [0.717, 1.165) is 6.42 Å². The van der Waals surface area contributed by atoms with Crippen molar-refractivity contribution in [2.75, 3.05) is 11.9 Å². The van der Waals surface area contributed by atoms with E-state index >= 15 is 0 Å². The highest BCUT2D eigenvalue weighted by atomic mass is 79.9. The number of fused-ring (bicyclic) bond motifs is 6. The summed E-state index contributed by atoms with van der Waals surface area (Å²) < 4.78 is 17.5. The monoisotopic (exact) mass is 510 g/mol. The third-order valence-corrected chi connectivity index (χ3v) is 6.38. The SMILES string of the molecule is CCCCOC(=O)C1=C(N)Oc2c(c(=O)oc3ccccc23)[C@]12C(=O)Nc1ccc(Br)cc12. The minimum absolute atomic E-state index is 0.0763. The van der Waals surface area contributed by atoms with Gasteiger partial charge < -0.3 is 24.9 Å². The minimum Gasteiger partial charge on any atom is -0.462 e. The van der Waals surface area contributed by atoms with Crippen LogP contribution in [0.4, 0.5) is 5.69 Å². The van der Waals surface area contributed by atoms with Gasteiger partial charge in [0.05, 0.1) is 12.0 Å². The average molecular weight is 511 g/mol. The number of nitrogens with two attached hydrogens (primary N) is 1. The van der Waals surface area contributed by atoms with Gasteiger partial charge in [0.1, 0.15) is 22.1 Å². The predicted molar refractivity (Wildman–Crippen MR) is 124 cm³/mol. The van der Waals surface area contributed by atoms with Crippen LogP contribution in [-0.2, 0) is 19.7 Å². The summed E-state index contributed by atoms with van der Waals surface area (Å²) >= 11 is 3.42. The molecule has 0 saturated heterocycles. The van der Waals surface area contributed by atoms with Gasteiger partial charge in [-0.2, -0.15) is 0 Å². The zero-order chi connectivity index (χ0) is 23.3. The van der Waals surface area contributed by atoms with Crippen LogP contribution in [0.3, 0.4) is 0 Å². The highest BCUT2D eigenvalue weighted by molar-refractivity contribution is 9.10. The molecule has 3 N–H and O–H groups in total. The maximum atomic E-state index is 13.7. The lowest BCUT2D eigenvalue weighted by Gasteiger charge is -2.34. The number of nitrogens with one attached hydrogen (secondary N) is 1. The molecule has 0 radical (unpaired) electrons. The van der Waals surface area contributed by atoms with Crippen molar-refractivity contribution >= 4 is 44.5 Å². The van der Waals surface area contributed by atoms with Gasteiger partial charge in [0.25, 0.3) is 0 Å². The number of esters is 1. The van der Waals surface area contributed by atoms with Crippen LogP contribution in [0.15, 0.2) is 67.6 Å². The Bertz CT molecular complexity index is 1430. The number of para-hydroxylation sites is 1. The number of amides is 1. The molecule has 33 heavy (non-hydrogen) atoms. The van der Waals surface area contributed by atoms with Crippen molar-refractivity contribution < 1.29 is 23.5 Å². The van der Waals surface area contributed by atoms with Crippen LogP contribution in [0.25, 0.3) is 11.0 Å². The Morgan fingerprint density at radius 1 is 1.21 bits per heavy atom. The number of rotatable bonds is 4. The van der Waals surface area contributed by atoms with E-state index in [9.17, 15) is 14.4 Å². The molecule has 0 bridgehead atoms. The number of unbranched alkanes of at least 4 members (excludes halogenated alkanes) is 1. The molecule has 0 aliphatic carbocycles. The third-order valence-electron chi connectivity index (χ3n) is 5.88. The maximum Gasteiger partial charge on any atom is 0.345 e. The van der Waals surface area contributed by atoms with Crippen LogP contribution in [0.5, 0.6) is 5.75 Å². The van der Waals surface area contributed by atoms with E-state index in [1.54, 1.807) is 42.5 Å². The van der Waals surface area contributed by atoms with E-state index < -0.39 is 22.9 Å². The lowest BCUT2D eigenvalue weighted by molar-refractivity contribution is -0.141. The van der Waals surface area contributed by atoms with Crippen LogP contribution in [0, 0.1) is 0 Å². The fourth-order valence-electron chi connectivity index (χ4n) is 4.43. The van der Waals surface area contributed by atoms with E-state index in [1.165, 1.54) is 0 Å². The summed E-state index contributed by atoms with van der Waals surface area (Å²) in [5.41, 5.74) is 4.30. The molecule has 3 aromatic rings. The Kier molecular flexibility index (Phi) is 5.01. The summed E-state index contributed by atoms with van der Waals surface area (Å²) in [4.78, 5) is 40.4. The molecule has 1 aromatic heterocycles. The highest BCUT2D eigenvalue weighted by Crippen LogP contribution is 2.54. The molecule has 2 aliphatic heterocycles. The van der Waals surface area contributed by atoms with Crippen LogP contribution in [-0.4, -0.2) is 18.5 Å². The van der Waals surface area contributed by atoms with E-state index in [1.807, 2.05) is 6.92 Å². The van der Waals surface area contributed by atoms with Gasteiger partial charge in [0.2, 0.25) is 11.8 Å². The Balaban J connectivity index is 1.88. The Morgan fingerprint density at radius 2 is 2.00 bits per heavy atom. The Morgan fingerprint density at radius 3 is 2.79 bits per heavy atom. The van der Waals surface area contributed by atoms with Crippen LogP contribution >= 0.6 is 15.9 Å². The summed E-state index contributed by atoms with van der Waals surface area (Å²) in [6, 6.07) is 11.8. The number of carbonyl (C=O) groups excluding carboxylic acids is 2. The minimum atomic E-state index is -1.90. The first-order chi connectivity index (χ1) is 15.9. The van der Waals surface area contributed by atoms with Gasteiger partial charge in [-0.25, -0.2) is 9.59 Å². The topological polar surface area (TPSA) is 121 Å². The van der Waals surface area contributed by atoms with Crippen LogP contribution < -0.4 is 21.4 Å². The molecule has 8 nitrogen and oxygen atoms in total. The summed E-state index contributed by atoms with van der Waals surface area (Å²) in [6.45, 7) is 2.09. The van der Waals surface area contributed by atoms with E-state index in [4.69, 9.17) is 19.6 Å². The summed E-state index contributed by atoms with van der Waals surface area (Å²) in [6.07, 6.45) is 1.43. The number of benzene rings is 2. The molecular formula is C24H19BrN2O6. The average Bonchev–Trinajstić information content (AvgIpc) is 3.05. The van der Waals surface area contributed by atoms with Gasteiger partial charge in [-0.15, -0.1) is 0 Å². The van der Waals surface area contributed by atoms with E-state index in [0.29, 0.717) is 27.5 Å². The lowest BCUT2D eigenvalue weighted by Crippen LogP contribution is -2.48. The molecule has 2 aliphatic rings. The Hall–Kier alpha value is -3.59. The van der Waals surface area contributed by atoms with Crippen molar-refractivity contribution in [1.82, 2.24) is 0 Å². The van der Waals surface area contributed by atoms with Gasteiger partial charge in [0.15, 0.2) is 5.75 Å². The van der Waals surface area contributed by atoms with Crippen molar-refractivity contribution in [1.29, 1.82) is 0 Å². The van der Waals surface area contributed by atoms with Gasteiger partial charge >= 0.3 is 11.6 Å². The molecule has 168 valence electrons. The summed E-state index contributed by atoms with van der Waals surface area (Å²) in [7, 11) is 0. The molecule has 3 heterocycles. The maximum absolute atomic E-state index is 13.7. The molecule has 0 unspecified atom stereocenters. The molecule has 0 saturated carbocycles. The molecule has 1 amide bonds. The third kappa shape index (κ3) is 2.99. The second-order valence-electron chi connectivity index (χ2n) is 7.81. The standard InChI is InChI=1S/C24H19BrN2O6/c1-2-3-10-31-21(28)18-20(26)33-19-13-6-4-5-7-16(13)32-22(29)17(19)24(18)14-11-12(25)8-9-15(14)27-23(24)30/h4-9,11H,2-3,10,26H2,1H3,(H,27,30)/t24-/m0/s1. The number of hydrogen-bond donors (Lipinski definition) is 2. The first kappa shape index (κ1) is 21.3. The van der Waals surface area contributed by atoms with Crippen LogP contribution in [0.1, 0.15) is 30.9 Å². The smallest absolute Gasteiger partial charge is 0.345 e. The Labute approximate surface area is 196 Å². The first-order valence-corrected chi connectivity index (χ1v) is 11.2. The quantitative estimate of drug-likeness (QED) is 0.311. The van der Waals surface area contributed by atoms with Crippen molar-refractivity contribution in [2.45, 2.75) is 25.2 Å². The van der Waals surface area contributed by atoms with Crippen molar-refractivity contribution in [2.24, 2.45) is 5.73 Å². The molecule has 1 spiro atoms. The zero-order valence-electron chi connectivity index (χ0n) is 17.6. The number of anilines is 1. The fourth-order valence-corrected chi connectivity index (χ4v) is 4.79. The van der Waals surface area contributed by atoms with Crippen molar-refractivity contribution in [3.63, 3.8) is 0 Å². The second-order valence-corrected chi connectivity index (χ2v) is 8.73. The molecule has 1 atom stereocenters. The van der Waals surface area contributed by atoms with E-state index in [2.05, 4.69) is 21.2 Å². The number of halogens is 1.